The standard InChI is InChI=1S/C18H31N.3C18H30.3C17H28/c1-14(18(5,6)7)19-13-16-10-8-15(9-11-16)12-17(2,3)4;1-17(2,3)13-11-15-7-9-16(10-8-15)12-14-18(4,5)6;2*1-17(2,3)13-7-8-15-9-11-16(12-10-15)14-18(4,5)6;1-13-10-14(11-16(2,3)4)8-9-15(13)12-17(5,6)7;2*1-16(2,3)12-11-14-7-9-15(10-8-14)13-17(4,5)6/h8-11,14,19H,12-13H2,1-7H3;7-10H,11-14H2,1-6H3;2*9-12H,7-8,13-14H2,1-6H3;8-10H,11-12H2,1-7H3;2*7-10H,11-13H2,1-6H3. The number of aryl methyl sites for hydroxylation is 7. The monoisotopic (exact) mass is 1700 g/mol. The van der Waals surface area contributed by atoms with Crippen LogP contribution in [0.2, 0.25) is 0 Å². The molecule has 1 unspecified atom stereocenters. The average Bonchev–Trinajstić information content (AvgIpc) is 0.840. The minimum atomic E-state index is 0.312. The molecule has 0 aliphatic heterocycles. The summed E-state index contributed by atoms with van der Waals surface area (Å²) in [6.07, 6.45) is 25.5. The van der Waals surface area contributed by atoms with Crippen molar-refractivity contribution in [3.8, 4) is 0 Å². The van der Waals surface area contributed by atoms with Crippen molar-refractivity contribution in [2.75, 3.05) is 0 Å². The molecule has 7 aromatic rings. The average molecular weight is 1700 g/mol. The lowest BCUT2D eigenvalue weighted by Crippen LogP contribution is -2.37. The number of nitrogens with one attached hydrogen (secondary N) is 1. The van der Waals surface area contributed by atoms with Gasteiger partial charge in [0.1, 0.15) is 0 Å². The van der Waals surface area contributed by atoms with E-state index in [0.29, 0.717) is 81.9 Å². The molecule has 0 aliphatic carbocycles. The van der Waals surface area contributed by atoms with Gasteiger partial charge >= 0.3 is 0 Å². The molecule has 0 spiro atoms. The minimum Gasteiger partial charge on any atom is -0.310 e. The number of hydrogen-bond acceptors (Lipinski definition) is 1. The summed E-state index contributed by atoms with van der Waals surface area (Å²) in [5, 5.41) is 3.61. The SMILES string of the molecule is CC(C)(C)CCCc1ccc(CC(C)(C)C)cc1.CC(C)(C)CCCc1ccc(CC(C)(C)C)cc1.CC(C)(C)CCc1ccc(CC(C)(C)C)cc1.CC(C)(C)CCc1ccc(CC(C)(C)C)cc1.CC(C)(C)CCc1ccc(CCC(C)(C)C)cc1.CC(NCc1ccc(CC(C)(C)C)cc1)C(C)(C)C.Cc1cc(CC(C)(C)C)ccc1CC(C)(C)C. The van der Waals surface area contributed by atoms with E-state index in [1.807, 2.05) is 0 Å². The first-order valence-electron chi connectivity index (χ1n) is 49.2. The van der Waals surface area contributed by atoms with Crippen molar-refractivity contribution in [3.63, 3.8) is 0 Å². The van der Waals surface area contributed by atoms with Gasteiger partial charge in [0.25, 0.3) is 0 Å². The van der Waals surface area contributed by atoms with E-state index < -0.39 is 0 Å². The molecule has 702 valence electrons. The second-order valence-corrected chi connectivity index (χ2v) is 54.9. The molecule has 0 fully saturated rings. The van der Waals surface area contributed by atoms with Gasteiger partial charge in [-0.25, -0.2) is 0 Å². The van der Waals surface area contributed by atoms with Crippen LogP contribution >= 0.6 is 0 Å². The van der Waals surface area contributed by atoms with Gasteiger partial charge in [0.2, 0.25) is 0 Å². The summed E-state index contributed by atoms with van der Waals surface area (Å²) >= 11 is 0. The fraction of sp³-hybridized carbons (Fsp3) is 0.659. The first-order chi connectivity index (χ1) is 55.9. The van der Waals surface area contributed by atoms with E-state index in [4.69, 9.17) is 0 Å². The first kappa shape index (κ1) is 117. The third-order valence-corrected chi connectivity index (χ3v) is 22.0. The first-order valence-corrected chi connectivity index (χ1v) is 49.2. The quantitative estimate of drug-likeness (QED) is 0.0636. The molecule has 1 N–H and O–H groups in total. The number of rotatable bonds is 24. The highest BCUT2D eigenvalue weighted by molar-refractivity contribution is 5.33. The summed E-state index contributed by atoms with van der Waals surface area (Å²) in [4.78, 5) is 0. The van der Waals surface area contributed by atoms with Gasteiger partial charge in [-0.1, -0.05) is 455 Å². The highest BCUT2D eigenvalue weighted by Gasteiger charge is 2.23. The van der Waals surface area contributed by atoms with Crippen LogP contribution in [-0.2, 0) is 90.0 Å². The molecule has 0 radical (unpaired) electrons. The van der Waals surface area contributed by atoms with E-state index in [0.717, 1.165) is 51.5 Å². The van der Waals surface area contributed by atoms with Crippen LogP contribution in [0.3, 0.4) is 0 Å². The second-order valence-electron chi connectivity index (χ2n) is 54.9. The van der Waals surface area contributed by atoms with Gasteiger partial charge in [0, 0.05) is 12.6 Å². The molecule has 124 heavy (non-hydrogen) atoms. The second kappa shape index (κ2) is 51.2. The Morgan fingerprint density at radius 2 is 0.371 bits per heavy atom. The molecule has 0 heterocycles. The Kier molecular flexibility index (Phi) is 48.1. The Balaban J connectivity index is 0.000000724. The van der Waals surface area contributed by atoms with Crippen LogP contribution in [0, 0.1) is 82.7 Å². The molecular weight excluding hydrogens is 1490 g/mol. The third-order valence-electron chi connectivity index (χ3n) is 22.0. The van der Waals surface area contributed by atoms with E-state index in [9.17, 15) is 0 Å². The Morgan fingerprint density at radius 3 is 0.556 bits per heavy atom. The van der Waals surface area contributed by atoms with E-state index in [2.05, 4.69) is 474 Å². The summed E-state index contributed by atoms with van der Waals surface area (Å²) in [6.45, 7) is 102. The van der Waals surface area contributed by atoms with Crippen LogP contribution in [0.15, 0.2) is 164 Å². The van der Waals surface area contributed by atoms with Crippen molar-refractivity contribution >= 4 is 0 Å². The van der Waals surface area contributed by atoms with Gasteiger partial charge in [-0.3, -0.25) is 0 Å². The van der Waals surface area contributed by atoms with E-state index in [1.165, 1.54) is 173 Å². The zero-order valence-corrected chi connectivity index (χ0v) is 90.7. The topological polar surface area (TPSA) is 12.0 Å². The molecule has 0 saturated heterocycles. The Labute approximate surface area is 775 Å². The predicted octanol–water partition coefficient (Wildman–Crippen LogP) is 37.4. The molecule has 1 heteroatoms. The zero-order valence-electron chi connectivity index (χ0n) is 90.7. The van der Waals surface area contributed by atoms with Crippen LogP contribution in [0.5, 0.6) is 0 Å². The predicted molar refractivity (Wildman–Crippen MR) is 564 cm³/mol. The molecule has 0 aromatic heterocycles. The normalized spacial score (nSPS) is 13.1. The minimum absolute atomic E-state index is 0.312. The van der Waals surface area contributed by atoms with Gasteiger partial charge in [-0.05, 0) is 308 Å². The van der Waals surface area contributed by atoms with Crippen LogP contribution < -0.4 is 5.32 Å². The Hall–Kier alpha value is -5.50. The highest BCUT2D eigenvalue weighted by Crippen LogP contribution is 2.33. The third kappa shape index (κ3) is 67.7. The van der Waals surface area contributed by atoms with Gasteiger partial charge in [0.15, 0.2) is 0 Å². The van der Waals surface area contributed by atoms with Crippen LogP contribution in [0.25, 0.3) is 0 Å². The lowest BCUT2D eigenvalue weighted by Gasteiger charge is -2.28. The molecule has 0 bridgehead atoms. The Morgan fingerprint density at radius 1 is 0.194 bits per heavy atom. The maximum Gasteiger partial charge on any atom is 0.0208 e. The summed E-state index contributed by atoms with van der Waals surface area (Å²) < 4.78 is 0. The summed E-state index contributed by atoms with van der Waals surface area (Å²) in [6, 6.07) is 62.6. The number of hydrogen-bond donors (Lipinski definition) is 1. The molecule has 0 amide bonds. The largest absolute Gasteiger partial charge is 0.310 e. The van der Waals surface area contributed by atoms with E-state index in [1.54, 1.807) is 0 Å². The maximum atomic E-state index is 3.61. The molecule has 7 rings (SSSR count). The summed E-state index contributed by atoms with van der Waals surface area (Å²) in [5.41, 5.74) is 27.5. The smallest absolute Gasteiger partial charge is 0.0208 e. The fourth-order valence-electron chi connectivity index (χ4n) is 14.6. The van der Waals surface area contributed by atoms with Crippen molar-refractivity contribution in [2.45, 2.75) is 452 Å². The van der Waals surface area contributed by atoms with Crippen molar-refractivity contribution in [1.82, 2.24) is 5.32 Å². The van der Waals surface area contributed by atoms with Crippen molar-refractivity contribution < 1.29 is 0 Å². The van der Waals surface area contributed by atoms with Gasteiger partial charge in [0.05, 0.1) is 0 Å². The van der Waals surface area contributed by atoms with Crippen molar-refractivity contribution in [2.24, 2.45) is 75.8 Å². The summed E-state index contributed by atoms with van der Waals surface area (Å²) in [5.74, 6) is 0. The molecule has 0 aliphatic rings. The maximum absolute atomic E-state index is 3.61. The van der Waals surface area contributed by atoms with Crippen LogP contribution in [0.4, 0.5) is 0 Å². The van der Waals surface area contributed by atoms with E-state index >= 15 is 0 Å². The molecule has 0 saturated carbocycles. The molecule has 7 aromatic carbocycles. The highest BCUT2D eigenvalue weighted by atomic mass is 14.9. The Bertz CT molecular complexity index is 3740. The number of benzene rings is 7. The summed E-state index contributed by atoms with van der Waals surface area (Å²) in [7, 11) is 0. The van der Waals surface area contributed by atoms with Gasteiger partial charge in [-0.15, -0.1) is 0 Å². The lowest BCUT2D eigenvalue weighted by molar-refractivity contribution is 0.285. The lowest BCUT2D eigenvalue weighted by atomic mass is 9.84. The van der Waals surface area contributed by atoms with Gasteiger partial charge < -0.3 is 5.32 Å². The van der Waals surface area contributed by atoms with E-state index in [-0.39, 0.29) is 0 Å². The molecular formula is C123H205N. The molecule has 1 atom stereocenters. The van der Waals surface area contributed by atoms with Crippen LogP contribution in [-0.4, -0.2) is 6.04 Å². The molecule has 1 nitrogen and oxygen atoms in total. The van der Waals surface area contributed by atoms with Crippen molar-refractivity contribution in [3.05, 3.63) is 247 Å². The van der Waals surface area contributed by atoms with Gasteiger partial charge in [-0.2, -0.15) is 0 Å². The fourth-order valence-corrected chi connectivity index (χ4v) is 14.6. The van der Waals surface area contributed by atoms with Crippen molar-refractivity contribution in [1.29, 1.82) is 0 Å². The zero-order chi connectivity index (χ0) is 95.6. The van der Waals surface area contributed by atoms with Crippen LogP contribution in [0.1, 0.15) is 433 Å².